The molecule has 8 heteroatoms. The van der Waals surface area contributed by atoms with Gasteiger partial charge < -0.3 is 15.7 Å². The van der Waals surface area contributed by atoms with Crippen LogP contribution in [0.1, 0.15) is 24.2 Å². The summed E-state index contributed by atoms with van der Waals surface area (Å²) in [6, 6.07) is 0.974. The molecule has 1 aromatic rings. The first-order valence-corrected chi connectivity index (χ1v) is 5.70. The highest BCUT2D eigenvalue weighted by Crippen LogP contribution is 2.21. The van der Waals surface area contributed by atoms with Crippen LogP contribution in [0.3, 0.4) is 0 Å². The van der Waals surface area contributed by atoms with Crippen LogP contribution < -0.4 is 5.73 Å². The summed E-state index contributed by atoms with van der Waals surface area (Å²) >= 11 is 0. The molecule has 8 nitrogen and oxygen atoms in total. The highest BCUT2D eigenvalue weighted by molar-refractivity contribution is 5.98. The normalized spacial score (nSPS) is 10.5. The number of nitrogens with two attached hydrogens (primary N) is 1. The van der Waals surface area contributed by atoms with Crippen molar-refractivity contribution >= 4 is 17.4 Å². The summed E-state index contributed by atoms with van der Waals surface area (Å²) < 4.78 is 0. The van der Waals surface area contributed by atoms with E-state index in [1.165, 1.54) is 11.0 Å². The van der Waals surface area contributed by atoms with Crippen LogP contribution >= 0.6 is 0 Å². The second-order valence-corrected chi connectivity index (χ2v) is 4.20. The van der Waals surface area contributed by atoms with E-state index < -0.39 is 16.5 Å². The third-order valence-electron chi connectivity index (χ3n) is 2.56. The maximum Gasteiger partial charge on any atom is 0.300 e. The number of anilines is 1. The molecule has 0 spiro atoms. The van der Waals surface area contributed by atoms with E-state index in [-0.39, 0.29) is 30.6 Å². The Hall–Kier alpha value is -2.22. The van der Waals surface area contributed by atoms with Gasteiger partial charge in [0.25, 0.3) is 11.6 Å². The fourth-order valence-electron chi connectivity index (χ4n) is 1.64. The fourth-order valence-corrected chi connectivity index (χ4v) is 1.64. The van der Waals surface area contributed by atoms with E-state index in [1.54, 1.807) is 13.8 Å². The minimum atomic E-state index is -0.683. The molecule has 0 aliphatic carbocycles. The van der Waals surface area contributed by atoms with Gasteiger partial charge in [0.2, 0.25) is 0 Å². The number of carbonyl (C=O) groups excluding carboxylic acids is 1. The zero-order valence-corrected chi connectivity index (χ0v) is 10.7. The lowest BCUT2D eigenvalue weighted by molar-refractivity contribution is -0.385. The fraction of sp³-hybridized carbons (Fsp3) is 0.455. The van der Waals surface area contributed by atoms with Gasteiger partial charge in [-0.05, 0) is 19.9 Å². The van der Waals surface area contributed by atoms with Gasteiger partial charge in [0.05, 0.1) is 11.5 Å². The number of aliphatic hydroxyl groups is 1. The van der Waals surface area contributed by atoms with E-state index >= 15 is 0 Å². The molecule has 0 aromatic carbocycles. The van der Waals surface area contributed by atoms with Gasteiger partial charge in [-0.15, -0.1) is 0 Å². The molecule has 1 amide bonds. The molecule has 0 saturated heterocycles. The Morgan fingerprint density at radius 3 is 2.74 bits per heavy atom. The van der Waals surface area contributed by atoms with E-state index in [2.05, 4.69) is 4.98 Å². The predicted octanol–water partition coefficient (Wildman–Crippen LogP) is 0.415. The van der Waals surface area contributed by atoms with Gasteiger partial charge in [-0.25, -0.2) is 4.98 Å². The number of nitrogen functional groups attached to an aromatic ring is 1. The van der Waals surface area contributed by atoms with Crippen molar-refractivity contribution in [3.8, 4) is 0 Å². The van der Waals surface area contributed by atoms with Gasteiger partial charge in [0.1, 0.15) is 17.6 Å². The van der Waals surface area contributed by atoms with Crippen LogP contribution in [0.4, 0.5) is 11.5 Å². The maximum atomic E-state index is 12.3. The van der Waals surface area contributed by atoms with Crippen molar-refractivity contribution in [2.24, 2.45) is 0 Å². The van der Waals surface area contributed by atoms with E-state index in [0.29, 0.717) is 0 Å². The van der Waals surface area contributed by atoms with Crippen LogP contribution in [0.25, 0.3) is 0 Å². The summed E-state index contributed by atoms with van der Waals surface area (Å²) in [6.07, 6.45) is 0.958. The first-order chi connectivity index (χ1) is 8.88. The first-order valence-electron chi connectivity index (χ1n) is 5.70. The number of carbonyl (C=O) groups is 1. The molecule has 0 unspecified atom stereocenters. The smallest absolute Gasteiger partial charge is 0.300 e. The molecule has 0 radical (unpaired) electrons. The summed E-state index contributed by atoms with van der Waals surface area (Å²) in [7, 11) is 0. The molecule has 0 bridgehead atoms. The molecule has 1 rings (SSSR count). The number of nitrogens with zero attached hydrogens (tertiary/aromatic N) is 3. The number of hydrogen-bond acceptors (Lipinski definition) is 6. The van der Waals surface area contributed by atoms with Crippen LogP contribution in [0.15, 0.2) is 12.3 Å². The molecular weight excluding hydrogens is 252 g/mol. The third kappa shape index (κ3) is 3.38. The average molecular weight is 268 g/mol. The lowest BCUT2D eigenvalue weighted by Gasteiger charge is -2.25. The van der Waals surface area contributed by atoms with Crippen molar-refractivity contribution in [3.05, 3.63) is 27.9 Å². The summed E-state index contributed by atoms with van der Waals surface area (Å²) in [6.45, 7) is 3.38. The molecule has 0 aliphatic rings. The molecule has 0 saturated carbocycles. The second-order valence-electron chi connectivity index (χ2n) is 4.20. The molecule has 1 aromatic heterocycles. The summed E-state index contributed by atoms with van der Waals surface area (Å²) in [4.78, 5) is 27.4. The average Bonchev–Trinajstić information content (AvgIpc) is 2.34. The maximum absolute atomic E-state index is 12.3. The van der Waals surface area contributed by atoms with Crippen LogP contribution in [-0.2, 0) is 0 Å². The number of hydrogen-bond donors (Lipinski definition) is 2. The van der Waals surface area contributed by atoms with Gasteiger partial charge in [-0.2, -0.15) is 0 Å². The molecule has 0 fully saturated rings. The van der Waals surface area contributed by atoms with Crippen molar-refractivity contribution < 1.29 is 14.8 Å². The van der Waals surface area contributed by atoms with E-state index in [4.69, 9.17) is 10.8 Å². The lowest BCUT2D eigenvalue weighted by atomic mass is 10.1. The number of rotatable bonds is 5. The molecule has 104 valence electrons. The van der Waals surface area contributed by atoms with Crippen molar-refractivity contribution in [2.45, 2.75) is 19.9 Å². The minimum Gasteiger partial charge on any atom is -0.395 e. The van der Waals surface area contributed by atoms with Crippen LogP contribution in [0.2, 0.25) is 0 Å². The van der Waals surface area contributed by atoms with Gasteiger partial charge in [0.15, 0.2) is 0 Å². The Kier molecular flexibility index (Phi) is 4.76. The topological polar surface area (TPSA) is 123 Å². The molecule has 3 N–H and O–H groups in total. The lowest BCUT2D eigenvalue weighted by Crippen LogP contribution is -2.39. The highest BCUT2D eigenvalue weighted by atomic mass is 16.6. The standard InChI is InChI=1S/C11H16N4O4/c1-7(2)14(3-4-16)11(17)8-5-10(12)13-6-9(8)15(18)19/h5-7,16H,3-4H2,1-2H3,(H2,12,13). The number of aliphatic hydroxyl groups excluding tert-OH is 1. The van der Waals surface area contributed by atoms with E-state index in [0.717, 1.165) is 6.20 Å². The zero-order chi connectivity index (χ0) is 14.6. The number of nitro groups is 1. The number of amides is 1. The van der Waals surface area contributed by atoms with Crippen molar-refractivity contribution in [1.82, 2.24) is 9.88 Å². The first kappa shape index (κ1) is 14.8. The highest BCUT2D eigenvalue weighted by Gasteiger charge is 2.26. The number of aromatic nitrogens is 1. The Morgan fingerprint density at radius 2 is 2.26 bits per heavy atom. The third-order valence-corrected chi connectivity index (χ3v) is 2.56. The van der Waals surface area contributed by atoms with Crippen molar-refractivity contribution in [1.29, 1.82) is 0 Å². The van der Waals surface area contributed by atoms with Crippen LogP contribution in [0.5, 0.6) is 0 Å². The Morgan fingerprint density at radius 1 is 1.63 bits per heavy atom. The van der Waals surface area contributed by atoms with Gasteiger partial charge >= 0.3 is 0 Å². The zero-order valence-electron chi connectivity index (χ0n) is 10.7. The molecular formula is C11H16N4O4. The minimum absolute atomic E-state index is 0.0293. The van der Waals surface area contributed by atoms with E-state index in [9.17, 15) is 14.9 Å². The monoisotopic (exact) mass is 268 g/mol. The largest absolute Gasteiger partial charge is 0.395 e. The predicted molar refractivity (Wildman–Crippen MR) is 68.6 cm³/mol. The molecule has 0 atom stereocenters. The molecule has 19 heavy (non-hydrogen) atoms. The quantitative estimate of drug-likeness (QED) is 0.589. The molecule has 0 aliphatic heterocycles. The van der Waals surface area contributed by atoms with Gasteiger partial charge in [-0.1, -0.05) is 0 Å². The SMILES string of the molecule is CC(C)N(CCO)C(=O)c1cc(N)ncc1[N+](=O)[O-]. The van der Waals surface area contributed by atoms with Crippen LogP contribution in [0, 0.1) is 10.1 Å². The summed E-state index contributed by atoms with van der Waals surface area (Å²) in [5, 5.41) is 19.8. The Balaban J connectivity index is 3.23. The van der Waals surface area contributed by atoms with Crippen molar-refractivity contribution in [3.63, 3.8) is 0 Å². The summed E-state index contributed by atoms with van der Waals surface area (Å²) in [5.41, 5.74) is 4.94. The second kappa shape index (κ2) is 6.10. The van der Waals surface area contributed by atoms with Crippen LogP contribution in [-0.4, -0.2) is 45.0 Å². The van der Waals surface area contributed by atoms with Gasteiger partial charge in [-0.3, -0.25) is 14.9 Å². The van der Waals surface area contributed by atoms with Gasteiger partial charge in [0, 0.05) is 12.6 Å². The number of pyridine rings is 1. The molecule has 1 heterocycles. The van der Waals surface area contributed by atoms with Crippen molar-refractivity contribution in [2.75, 3.05) is 18.9 Å². The van der Waals surface area contributed by atoms with E-state index in [1.807, 2.05) is 0 Å². The Bertz CT molecular complexity index is 490. The summed E-state index contributed by atoms with van der Waals surface area (Å²) in [5.74, 6) is -0.522. The Labute approximate surface area is 110 Å².